The maximum Gasteiger partial charge on any atom is 0.256 e. The van der Waals surface area contributed by atoms with Gasteiger partial charge >= 0.3 is 0 Å². The summed E-state index contributed by atoms with van der Waals surface area (Å²) in [5.74, 6) is 1.02. The molecule has 1 saturated heterocycles. The maximum atomic E-state index is 12.7. The van der Waals surface area contributed by atoms with E-state index < -0.39 is 0 Å². The molecule has 3 atom stereocenters. The van der Waals surface area contributed by atoms with Crippen LogP contribution in [0.2, 0.25) is 5.02 Å². The highest BCUT2D eigenvalue weighted by atomic mass is 35.5. The topological polar surface area (TPSA) is 46.3 Å². The van der Waals surface area contributed by atoms with Crippen LogP contribution in [0.3, 0.4) is 0 Å². The summed E-state index contributed by atoms with van der Waals surface area (Å²) in [5.41, 5.74) is 6.82. The average molecular weight is 281 g/mol. The largest absolute Gasteiger partial charge is 0.397 e. The van der Waals surface area contributed by atoms with Crippen LogP contribution in [-0.2, 0) is 0 Å². The number of halogens is 1. The summed E-state index contributed by atoms with van der Waals surface area (Å²) >= 11 is 5.99. The van der Waals surface area contributed by atoms with Gasteiger partial charge in [-0.3, -0.25) is 4.79 Å². The highest BCUT2D eigenvalue weighted by molar-refractivity contribution is 6.33. The second kappa shape index (κ2) is 5.41. The number of hydrogen-bond donors (Lipinski definition) is 1. The van der Waals surface area contributed by atoms with Crippen LogP contribution in [0.4, 0.5) is 5.69 Å². The van der Waals surface area contributed by atoms with Gasteiger partial charge in [-0.2, -0.15) is 0 Å². The molecule has 19 heavy (non-hydrogen) atoms. The molecule has 3 nitrogen and oxygen atoms in total. The number of nitrogens with two attached hydrogens (primary N) is 1. The van der Waals surface area contributed by atoms with E-state index in [9.17, 15) is 4.79 Å². The van der Waals surface area contributed by atoms with Gasteiger partial charge in [-0.15, -0.1) is 0 Å². The van der Waals surface area contributed by atoms with Crippen molar-refractivity contribution in [1.82, 2.24) is 4.90 Å². The first kappa shape index (κ1) is 14.2. The Hall–Kier alpha value is -1.22. The molecule has 4 heteroatoms. The molecule has 1 aliphatic rings. The van der Waals surface area contributed by atoms with E-state index in [0.29, 0.717) is 28.1 Å². The van der Waals surface area contributed by atoms with Crippen LogP contribution < -0.4 is 5.73 Å². The number of para-hydroxylation sites is 1. The number of rotatable bonds is 1. The third kappa shape index (κ3) is 2.71. The molecule has 104 valence electrons. The zero-order valence-corrected chi connectivity index (χ0v) is 12.4. The number of piperidine rings is 1. The van der Waals surface area contributed by atoms with Gasteiger partial charge in [0, 0.05) is 12.6 Å². The minimum Gasteiger partial charge on any atom is -0.397 e. The molecule has 1 aromatic rings. The molecule has 0 aromatic heterocycles. The van der Waals surface area contributed by atoms with Gasteiger partial charge in [-0.05, 0) is 37.3 Å². The summed E-state index contributed by atoms with van der Waals surface area (Å²) in [6, 6.07) is 5.47. The molecule has 1 aliphatic heterocycles. The van der Waals surface area contributed by atoms with Crippen LogP contribution >= 0.6 is 11.6 Å². The monoisotopic (exact) mass is 280 g/mol. The lowest BCUT2D eigenvalue weighted by Gasteiger charge is -2.41. The Morgan fingerprint density at radius 1 is 1.37 bits per heavy atom. The van der Waals surface area contributed by atoms with E-state index in [0.717, 1.165) is 13.0 Å². The lowest BCUT2D eigenvalue weighted by molar-refractivity contribution is 0.0457. The summed E-state index contributed by atoms with van der Waals surface area (Å²) in [6.45, 7) is 7.28. The Labute approximate surface area is 119 Å². The van der Waals surface area contributed by atoms with Crippen LogP contribution in [0.1, 0.15) is 37.6 Å². The van der Waals surface area contributed by atoms with Crippen molar-refractivity contribution in [3.63, 3.8) is 0 Å². The number of carbonyl (C=O) groups is 1. The highest BCUT2D eigenvalue weighted by Crippen LogP contribution is 2.30. The Morgan fingerprint density at radius 2 is 2.05 bits per heavy atom. The molecule has 0 radical (unpaired) electrons. The second-order valence-electron chi connectivity index (χ2n) is 5.72. The summed E-state index contributed by atoms with van der Waals surface area (Å²) in [4.78, 5) is 14.6. The number of carbonyl (C=O) groups excluding carboxylic acids is 1. The van der Waals surface area contributed by atoms with E-state index >= 15 is 0 Å². The predicted octanol–water partition coefficient (Wildman–Crippen LogP) is 3.43. The van der Waals surface area contributed by atoms with Crippen LogP contribution in [-0.4, -0.2) is 23.4 Å². The normalized spacial score (nSPS) is 27.4. The van der Waals surface area contributed by atoms with Gasteiger partial charge < -0.3 is 10.6 Å². The quantitative estimate of drug-likeness (QED) is 0.801. The maximum absolute atomic E-state index is 12.7. The van der Waals surface area contributed by atoms with E-state index in [-0.39, 0.29) is 11.9 Å². The Bertz CT molecular complexity index is 489. The van der Waals surface area contributed by atoms with Gasteiger partial charge in [0.1, 0.15) is 0 Å². The van der Waals surface area contributed by atoms with Crippen molar-refractivity contribution in [3.8, 4) is 0 Å². The lowest BCUT2D eigenvalue weighted by atomic mass is 9.85. The summed E-state index contributed by atoms with van der Waals surface area (Å²) in [5, 5.41) is 0.441. The van der Waals surface area contributed by atoms with Crippen LogP contribution in [0.15, 0.2) is 18.2 Å². The molecule has 1 amide bonds. The van der Waals surface area contributed by atoms with Crippen LogP contribution in [0.25, 0.3) is 0 Å². The van der Waals surface area contributed by atoms with Gasteiger partial charge in [-0.1, -0.05) is 31.5 Å². The predicted molar refractivity (Wildman–Crippen MR) is 79.3 cm³/mol. The molecular weight excluding hydrogens is 260 g/mol. The summed E-state index contributed by atoms with van der Waals surface area (Å²) in [6.07, 6.45) is 1.16. The van der Waals surface area contributed by atoms with E-state index in [1.54, 1.807) is 18.2 Å². The number of anilines is 1. The van der Waals surface area contributed by atoms with Crippen molar-refractivity contribution in [2.75, 3.05) is 12.3 Å². The number of nitrogen functional groups attached to an aromatic ring is 1. The number of hydrogen-bond acceptors (Lipinski definition) is 2. The molecule has 1 fully saturated rings. The van der Waals surface area contributed by atoms with Crippen molar-refractivity contribution in [3.05, 3.63) is 28.8 Å². The van der Waals surface area contributed by atoms with Gasteiger partial charge in [-0.25, -0.2) is 0 Å². The first-order chi connectivity index (χ1) is 8.91. The van der Waals surface area contributed by atoms with E-state index in [2.05, 4.69) is 20.8 Å². The van der Waals surface area contributed by atoms with Crippen LogP contribution in [0.5, 0.6) is 0 Å². The fourth-order valence-electron chi connectivity index (χ4n) is 2.86. The molecular formula is C15H21ClN2O. The SMILES string of the molecule is CC1CC(C)C(C)N(C(=O)c2cccc(Cl)c2N)C1. The lowest BCUT2D eigenvalue weighted by Crippen LogP contribution is -2.49. The van der Waals surface area contributed by atoms with Crippen molar-refractivity contribution in [2.24, 2.45) is 11.8 Å². The zero-order valence-electron chi connectivity index (χ0n) is 11.7. The van der Waals surface area contributed by atoms with Crippen molar-refractivity contribution >= 4 is 23.2 Å². The number of amides is 1. The molecule has 2 N–H and O–H groups in total. The smallest absolute Gasteiger partial charge is 0.256 e. The molecule has 1 heterocycles. The van der Waals surface area contributed by atoms with Crippen molar-refractivity contribution < 1.29 is 4.79 Å². The standard InChI is InChI=1S/C15H21ClN2O/c1-9-7-10(2)11(3)18(8-9)15(19)12-5-4-6-13(16)14(12)17/h4-6,9-11H,7-8,17H2,1-3H3. The number of nitrogens with zero attached hydrogens (tertiary/aromatic N) is 1. The minimum absolute atomic E-state index is 0.00843. The van der Waals surface area contributed by atoms with E-state index in [1.807, 2.05) is 4.90 Å². The Morgan fingerprint density at radius 3 is 2.74 bits per heavy atom. The highest BCUT2D eigenvalue weighted by Gasteiger charge is 2.33. The fraction of sp³-hybridized carbons (Fsp3) is 0.533. The third-order valence-electron chi connectivity index (χ3n) is 4.14. The zero-order chi connectivity index (χ0) is 14.2. The van der Waals surface area contributed by atoms with Crippen LogP contribution in [0, 0.1) is 11.8 Å². The second-order valence-corrected chi connectivity index (χ2v) is 6.12. The average Bonchev–Trinajstić information content (AvgIpc) is 2.36. The first-order valence-electron chi connectivity index (χ1n) is 6.76. The molecule has 0 bridgehead atoms. The Balaban J connectivity index is 2.30. The number of likely N-dealkylation sites (tertiary alicyclic amines) is 1. The molecule has 0 spiro atoms. The van der Waals surface area contributed by atoms with E-state index in [4.69, 9.17) is 17.3 Å². The van der Waals surface area contributed by atoms with Crippen molar-refractivity contribution in [1.29, 1.82) is 0 Å². The molecule has 3 unspecified atom stereocenters. The number of benzene rings is 1. The fourth-order valence-corrected chi connectivity index (χ4v) is 3.04. The molecule has 0 saturated carbocycles. The summed E-state index contributed by atoms with van der Waals surface area (Å²) < 4.78 is 0. The minimum atomic E-state index is -0.00843. The van der Waals surface area contributed by atoms with E-state index in [1.165, 1.54) is 0 Å². The van der Waals surface area contributed by atoms with Gasteiger partial charge in [0.2, 0.25) is 0 Å². The van der Waals surface area contributed by atoms with Gasteiger partial charge in [0.05, 0.1) is 16.3 Å². The summed E-state index contributed by atoms with van der Waals surface area (Å²) in [7, 11) is 0. The Kier molecular flexibility index (Phi) is 4.04. The van der Waals surface area contributed by atoms with Gasteiger partial charge in [0.25, 0.3) is 5.91 Å². The molecule has 1 aromatic carbocycles. The molecule has 2 rings (SSSR count). The first-order valence-corrected chi connectivity index (χ1v) is 7.14. The van der Waals surface area contributed by atoms with Gasteiger partial charge in [0.15, 0.2) is 0 Å². The third-order valence-corrected chi connectivity index (χ3v) is 4.47. The van der Waals surface area contributed by atoms with Crippen molar-refractivity contribution in [2.45, 2.75) is 33.2 Å². The molecule has 0 aliphatic carbocycles.